The number of pyridine rings is 1. The molecule has 1 aliphatic rings. The summed E-state index contributed by atoms with van der Waals surface area (Å²) in [5.74, 6) is -0.0369. The van der Waals surface area contributed by atoms with Crippen molar-refractivity contribution < 1.29 is 9.13 Å². The van der Waals surface area contributed by atoms with Gasteiger partial charge in [-0.25, -0.2) is 4.39 Å². The lowest BCUT2D eigenvalue weighted by molar-refractivity contribution is 0.415. The first-order chi connectivity index (χ1) is 10.2. The first kappa shape index (κ1) is 13.4. The smallest absolute Gasteiger partial charge is 0.258 e. The van der Waals surface area contributed by atoms with Crippen molar-refractivity contribution in [3.05, 3.63) is 51.7 Å². The van der Waals surface area contributed by atoms with Gasteiger partial charge in [-0.15, -0.1) is 0 Å². The van der Waals surface area contributed by atoms with Gasteiger partial charge < -0.3 is 9.30 Å². The predicted molar refractivity (Wildman–Crippen MR) is 75.7 cm³/mol. The van der Waals surface area contributed by atoms with Gasteiger partial charge in [0.25, 0.3) is 5.56 Å². The van der Waals surface area contributed by atoms with Crippen molar-refractivity contribution in [2.45, 2.75) is 19.4 Å². The van der Waals surface area contributed by atoms with Crippen LogP contribution in [-0.4, -0.2) is 11.7 Å². The summed E-state index contributed by atoms with van der Waals surface area (Å²) in [6.45, 7) is 0.592. The van der Waals surface area contributed by atoms with E-state index in [1.807, 2.05) is 0 Å². The lowest BCUT2D eigenvalue weighted by Crippen LogP contribution is -2.22. The zero-order valence-electron chi connectivity index (χ0n) is 11.5. The average molecular weight is 284 g/mol. The molecule has 106 valence electrons. The fraction of sp³-hybridized carbons (Fsp3) is 0.250. The summed E-state index contributed by atoms with van der Waals surface area (Å²) in [4.78, 5) is 12.6. The maximum atomic E-state index is 13.5. The lowest BCUT2D eigenvalue weighted by Gasteiger charge is -2.12. The van der Waals surface area contributed by atoms with E-state index in [4.69, 9.17) is 4.74 Å². The van der Waals surface area contributed by atoms with Crippen LogP contribution in [0.3, 0.4) is 0 Å². The van der Waals surface area contributed by atoms with Crippen LogP contribution in [0.2, 0.25) is 0 Å². The molecule has 0 spiro atoms. The second-order valence-electron chi connectivity index (χ2n) is 4.94. The summed E-state index contributed by atoms with van der Waals surface area (Å²) in [5, 5.41) is 9.27. The Hall–Kier alpha value is -2.61. The van der Waals surface area contributed by atoms with E-state index >= 15 is 0 Å². The van der Waals surface area contributed by atoms with Gasteiger partial charge in [-0.05, 0) is 37.1 Å². The number of rotatable bonds is 2. The molecule has 1 aromatic heterocycles. The highest BCUT2D eigenvalue weighted by atomic mass is 19.1. The van der Waals surface area contributed by atoms with Gasteiger partial charge in [0, 0.05) is 17.8 Å². The van der Waals surface area contributed by atoms with Crippen LogP contribution in [0.25, 0.3) is 11.1 Å². The van der Waals surface area contributed by atoms with Crippen molar-refractivity contribution in [3.63, 3.8) is 0 Å². The Morgan fingerprint density at radius 2 is 2.14 bits per heavy atom. The molecule has 4 nitrogen and oxygen atoms in total. The molecule has 2 heterocycles. The van der Waals surface area contributed by atoms with Gasteiger partial charge in [0.2, 0.25) is 0 Å². The molecular weight excluding hydrogens is 271 g/mol. The first-order valence-corrected chi connectivity index (χ1v) is 6.66. The van der Waals surface area contributed by atoms with Gasteiger partial charge in [0.15, 0.2) is 0 Å². The summed E-state index contributed by atoms with van der Waals surface area (Å²) in [7, 11) is 1.47. The van der Waals surface area contributed by atoms with E-state index in [2.05, 4.69) is 6.07 Å². The number of aromatic nitrogens is 1. The number of nitrogens with zero attached hydrogens (tertiary/aromatic N) is 2. The summed E-state index contributed by atoms with van der Waals surface area (Å²) in [6, 6.07) is 7.68. The number of fused-ring (bicyclic) bond motifs is 1. The van der Waals surface area contributed by atoms with Crippen LogP contribution in [-0.2, 0) is 13.0 Å². The van der Waals surface area contributed by atoms with Gasteiger partial charge >= 0.3 is 0 Å². The normalized spacial score (nSPS) is 12.8. The van der Waals surface area contributed by atoms with Crippen LogP contribution in [0, 0.1) is 17.1 Å². The van der Waals surface area contributed by atoms with E-state index in [0.29, 0.717) is 29.0 Å². The quantitative estimate of drug-likeness (QED) is 0.851. The number of nitriles is 1. The largest absolute Gasteiger partial charge is 0.496 e. The van der Waals surface area contributed by atoms with Gasteiger partial charge in [-0.3, -0.25) is 4.79 Å². The number of benzene rings is 1. The fourth-order valence-electron chi connectivity index (χ4n) is 2.79. The van der Waals surface area contributed by atoms with Crippen molar-refractivity contribution in [1.29, 1.82) is 5.26 Å². The third-order valence-corrected chi connectivity index (χ3v) is 3.77. The number of ether oxygens (including phenoxy) is 1. The highest BCUT2D eigenvalue weighted by Gasteiger charge is 2.21. The Morgan fingerprint density at radius 3 is 2.86 bits per heavy atom. The summed E-state index contributed by atoms with van der Waals surface area (Å²) < 4.78 is 20.3. The van der Waals surface area contributed by atoms with Crippen molar-refractivity contribution in [3.8, 4) is 22.9 Å². The van der Waals surface area contributed by atoms with E-state index in [9.17, 15) is 14.4 Å². The summed E-state index contributed by atoms with van der Waals surface area (Å²) in [6.07, 6.45) is 1.56. The van der Waals surface area contributed by atoms with Crippen LogP contribution < -0.4 is 10.3 Å². The molecule has 5 heteroatoms. The van der Waals surface area contributed by atoms with Crippen LogP contribution in [0.15, 0.2) is 29.1 Å². The molecule has 0 bridgehead atoms. The fourth-order valence-corrected chi connectivity index (χ4v) is 2.79. The number of methoxy groups -OCH3 is 1. The second-order valence-corrected chi connectivity index (χ2v) is 4.94. The summed E-state index contributed by atoms with van der Waals surface area (Å²) >= 11 is 0. The molecule has 0 fully saturated rings. The van der Waals surface area contributed by atoms with Crippen molar-refractivity contribution in [2.75, 3.05) is 7.11 Å². The number of hydrogen-bond acceptors (Lipinski definition) is 3. The average Bonchev–Trinajstić information content (AvgIpc) is 2.98. The van der Waals surface area contributed by atoms with Crippen LogP contribution in [0.4, 0.5) is 4.39 Å². The van der Waals surface area contributed by atoms with Gasteiger partial charge in [-0.2, -0.15) is 5.26 Å². The van der Waals surface area contributed by atoms with Crippen LogP contribution in [0.1, 0.15) is 17.7 Å². The minimum Gasteiger partial charge on any atom is -0.496 e. The SMILES string of the molecule is COc1ccc(F)cc1-c1cc(C#N)c2n(c1=O)CCC2. The molecule has 0 N–H and O–H groups in total. The maximum Gasteiger partial charge on any atom is 0.258 e. The third-order valence-electron chi connectivity index (χ3n) is 3.77. The van der Waals surface area contributed by atoms with Crippen molar-refractivity contribution in [1.82, 2.24) is 4.57 Å². The molecule has 0 radical (unpaired) electrons. The molecule has 21 heavy (non-hydrogen) atoms. The van der Waals surface area contributed by atoms with E-state index in [-0.39, 0.29) is 5.56 Å². The van der Waals surface area contributed by atoms with E-state index in [0.717, 1.165) is 18.5 Å². The Morgan fingerprint density at radius 1 is 1.33 bits per heavy atom. The molecule has 3 rings (SSSR count). The lowest BCUT2D eigenvalue weighted by atomic mass is 10.0. The molecule has 0 unspecified atom stereocenters. The molecule has 0 saturated heterocycles. The Balaban J connectivity index is 2.32. The Bertz CT molecular complexity index is 818. The third kappa shape index (κ3) is 2.09. The molecule has 0 aliphatic carbocycles. The van der Waals surface area contributed by atoms with Gasteiger partial charge in [0.1, 0.15) is 17.6 Å². The highest BCUT2D eigenvalue weighted by Crippen LogP contribution is 2.30. The Labute approximate surface area is 121 Å². The van der Waals surface area contributed by atoms with Crippen molar-refractivity contribution in [2.24, 2.45) is 0 Å². The number of halogens is 1. The maximum absolute atomic E-state index is 13.5. The van der Waals surface area contributed by atoms with E-state index in [1.165, 1.54) is 31.4 Å². The standard InChI is InChI=1S/C16H13FN2O2/c1-21-15-5-4-11(17)8-12(15)13-7-10(9-18)14-3-2-6-19(14)16(13)20/h4-5,7-8H,2-3,6H2,1H3. The molecule has 2 aromatic rings. The monoisotopic (exact) mass is 284 g/mol. The van der Waals surface area contributed by atoms with Gasteiger partial charge in [-0.1, -0.05) is 0 Å². The first-order valence-electron chi connectivity index (χ1n) is 6.66. The topological polar surface area (TPSA) is 55.0 Å². The second kappa shape index (κ2) is 5.06. The van der Waals surface area contributed by atoms with E-state index in [1.54, 1.807) is 4.57 Å². The van der Waals surface area contributed by atoms with E-state index < -0.39 is 5.82 Å². The summed E-state index contributed by atoms with van der Waals surface area (Å²) in [5.41, 5.74) is 1.70. The van der Waals surface area contributed by atoms with Crippen LogP contribution in [0.5, 0.6) is 5.75 Å². The molecular formula is C16H13FN2O2. The number of hydrogen-bond donors (Lipinski definition) is 0. The molecule has 0 atom stereocenters. The predicted octanol–water partition coefficient (Wildman–Crippen LogP) is 2.48. The van der Waals surface area contributed by atoms with Crippen molar-refractivity contribution >= 4 is 0 Å². The van der Waals surface area contributed by atoms with Gasteiger partial charge in [0.05, 0.1) is 18.2 Å². The van der Waals surface area contributed by atoms with Crippen LogP contribution >= 0.6 is 0 Å². The minimum atomic E-state index is -0.450. The zero-order chi connectivity index (χ0) is 15.0. The Kier molecular flexibility index (Phi) is 3.22. The molecule has 1 aromatic carbocycles. The molecule has 0 amide bonds. The highest BCUT2D eigenvalue weighted by molar-refractivity contribution is 5.71. The molecule has 1 aliphatic heterocycles. The molecule has 0 saturated carbocycles. The zero-order valence-corrected chi connectivity index (χ0v) is 11.5. The minimum absolute atomic E-state index is 0.203.